The van der Waals surface area contributed by atoms with E-state index in [2.05, 4.69) is 31.2 Å². The molecule has 0 radical (unpaired) electrons. The van der Waals surface area contributed by atoms with Crippen molar-refractivity contribution in [3.8, 4) is 11.1 Å². The van der Waals surface area contributed by atoms with Crippen LogP contribution in [0.2, 0.25) is 0 Å². The highest BCUT2D eigenvalue weighted by molar-refractivity contribution is 7.62. The lowest BCUT2D eigenvalue weighted by atomic mass is 9.95. The molecule has 0 amide bonds. The highest BCUT2D eigenvalue weighted by Gasteiger charge is 2.31. The fraction of sp³-hybridized carbons (Fsp3) is 0.238. The maximum Gasteiger partial charge on any atom is 0.361 e. The molecule has 0 fully saturated rings. The fourth-order valence-corrected chi connectivity index (χ4v) is 4.95. The van der Waals surface area contributed by atoms with E-state index in [0.717, 1.165) is 27.5 Å². The van der Waals surface area contributed by atoms with Gasteiger partial charge < -0.3 is 9.05 Å². The lowest BCUT2D eigenvalue weighted by molar-refractivity contribution is 0.230. The molecule has 3 aromatic carbocycles. The molecule has 0 saturated heterocycles. The van der Waals surface area contributed by atoms with Gasteiger partial charge in [0.15, 0.2) is 0 Å². The van der Waals surface area contributed by atoms with Crippen LogP contribution in [0.3, 0.4) is 0 Å². The van der Waals surface area contributed by atoms with Crippen molar-refractivity contribution in [1.82, 2.24) is 0 Å². The smallest absolute Gasteiger partial charge is 0.305 e. The summed E-state index contributed by atoms with van der Waals surface area (Å²) in [7, 11) is -3.40. The van der Waals surface area contributed by atoms with Gasteiger partial charge in [-0.1, -0.05) is 54.6 Å². The molecular weight excluding hydrogens is 331 g/mol. The van der Waals surface area contributed by atoms with Crippen molar-refractivity contribution < 1.29 is 13.6 Å². The molecule has 0 spiro atoms. The summed E-state index contributed by atoms with van der Waals surface area (Å²) < 4.78 is 24.8. The van der Waals surface area contributed by atoms with Crippen molar-refractivity contribution in [2.24, 2.45) is 0 Å². The van der Waals surface area contributed by atoms with Crippen LogP contribution in [0.15, 0.2) is 60.7 Å². The van der Waals surface area contributed by atoms with Crippen LogP contribution in [-0.2, 0) is 13.6 Å². The summed E-state index contributed by atoms with van der Waals surface area (Å²) in [5, 5.41) is 2.78. The molecule has 0 saturated carbocycles. The molecule has 0 aliphatic heterocycles. The lowest BCUT2D eigenvalue weighted by Crippen LogP contribution is -2.14. The molecule has 0 bridgehead atoms. The Kier molecular flexibility index (Phi) is 5.39. The molecule has 3 nitrogen and oxygen atoms in total. The minimum atomic E-state index is -3.40. The average molecular weight is 354 g/mol. The molecule has 3 aromatic rings. The number of hydrogen-bond acceptors (Lipinski definition) is 3. The van der Waals surface area contributed by atoms with Gasteiger partial charge in [-0.2, -0.15) is 0 Å². The van der Waals surface area contributed by atoms with E-state index in [1.165, 1.54) is 0 Å². The van der Waals surface area contributed by atoms with Gasteiger partial charge in [-0.3, -0.25) is 4.57 Å². The Morgan fingerprint density at radius 3 is 2.16 bits per heavy atom. The van der Waals surface area contributed by atoms with Crippen molar-refractivity contribution in [2.75, 3.05) is 13.2 Å². The summed E-state index contributed by atoms with van der Waals surface area (Å²) in [5.41, 5.74) is 3.11. The summed E-state index contributed by atoms with van der Waals surface area (Å²) in [6.45, 7) is 6.39. The molecular formula is C21H23O3P. The predicted molar refractivity (Wildman–Crippen MR) is 105 cm³/mol. The molecule has 0 heterocycles. The Balaban J connectivity index is 2.38. The first kappa shape index (κ1) is 17.9. The van der Waals surface area contributed by atoms with Gasteiger partial charge >= 0.3 is 7.60 Å². The van der Waals surface area contributed by atoms with E-state index in [9.17, 15) is 4.57 Å². The topological polar surface area (TPSA) is 35.5 Å². The van der Waals surface area contributed by atoms with Crippen molar-refractivity contribution in [1.29, 1.82) is 0 Å². The minimum absolute atomic E-state index is 0.331. The molecule has 0 aliphatic rings. The van der Waals surface area contributed by atoms with Crippen LogP contribution >= 0.6 is 7.60 Å². The van der Waals surface area contributed by atoms with Crippen LogP contribution in [0.1, 0.15) is 19.4 Å². The van der Waals surface area contributed by atoms with Crippen LogP contribution in [0.5, 0.6) is 0 Å². The molecule has 3 rings (SSSR count). The Labute approximate surface area is 149 Å². The number of rotatable bonds is 6. The molecule has 25 heavy (non-hydrogen) atoms. The zero-order chi connectivity index (χ0) is 17.9. The quantitative estimate of drug-likeness (QED) is 0.532. The largest absolute Gasteiger partial charge is 0.361 e. The van der Waals surface area contributed by atoms with Crippen LogP contribution in [-0.4, -0.2) is 13.2 Å². The summed E-state index contributed by atoms with van der Waals surface area (Å²) in [4.78, 5) is 0. The Bertz CT molecular complexity index is 923. The number of benzene rings is 3. The molecule has 4 heteroatoms. The number of fused-ring (bicyclic) bond motifs is 1. The third-order valence-corrected chi connectivity index (χ3v) is 6.37. The molecule has 130 valence electrons. The van der Waals surface area contributed by atoms with E-state index >= 15 is 0 Å². The van der Waals surface area contributed by atoms with E-state index < -0.39 is 7.60 Å². The lowest BCUT2D eigenvalue weighted by Gasteiger charge is -2.22. The van der Waals surface area contributed by atoms with Gasteiger partial charge in [-0.15, -0.1) is 0 Å². The van der Waals surface area contributed by atoms with E-state index in [1.54, 1.807) is 0 Å². The number of hydrogen-bond donors (Lipinski definition) is 0. The van der Waals surface area contributed by atoms with Crippen molar-refractivity contribution in [3.05, 3.63) is 66.2 Å². The molecule has 0 aromatic heterocycles. The highest BCUT2D eigenvalue weighted by atomic mass is 31.2. The monoisotopic (exact) mass is 354 g/mol. The van der Waals surface area contributed by atoms with Gasteiger partial charge in [0.25, 0.3) is 0 Å². The summed E-state index contributed by atoms with van der Waals surface area (Å²) in [6.07, 6.45) is 0. The van der Waals surface area contributed by atoms with Crippen LogP contribution < -0.4 is 5.30 Å². The van der Waals surface area contributed by atoms with E-state index in [0.29, 0.717) is 18.5 Å². The Morgan fingerprint density at radius 1 is 0.840 bits per heavy atom. The van der Waals surface area contributed by atoms with Crippen molar-refractivity contribution in [3.63, 3.8) is 0 Å². The van der Waals surface area contributed by atoms with Crippen LogP contribution in [0, 0.1) is 6.92 Å². The summed E-state index contributed by atoms with van der Waals surface area (Å²) in [5.74, 6) is 0. The van der Waals surface area contributed by atoms with E-state index in [4.69, 9.17) is 9.05 Å². The average Bonchev–Trinajstić information content (AvgIpc) is 2.62. The van der Waals surface area contributed by atoms with Gasteiger partial charge in [-0.25, -0.2) is 0 Å². The first-order valence-corrected chi connectivity index (χ1v) is 10.1. The Morgan fingerprint density at radius 2 is 1.48 bits per heavy atom. The normalized spacial score (nSPS) is 11.8. The van der Waals surface area contributed by atoms with Gasteiger partial charge in [0, 0.05) is 5.56 Å². The third-order valence-electron chi connectivity index (χ3n) is 4.21. The molecule has 0 N–H and O–H groups in total. The van der Waals surface area contributed by atoms with Crippen molar-refractivity contribution in [2.45, 2.75) is 20.8 Å². The zero-order valence-electron chi connectivity index (χ0n) is 14.9. The number of aryl methyl sites for hydroxylation is 1. The van der Waals surface area contributed by atoms with Gasteiger partial charge in [0.2, 0.25) is 0 Å². The van der Waals surface area contributed by atoms with Crippen molar-refractivity contribution >= 4 is 23.7 Å². The third kappa shape index (κ3) is 3.41. The fourth-order valence-electron chi connectivity index (χ4n) is 3.14. The first-order valence-electron chi connectivity index (χ1n) is 8.58. The zero-order valence-corrected chi connectivity index (χ0v) is 15.8. The van der Waals surface area contributed by atoms with E-state index in [1.807, 2.05) is 50.2 Å². The second-order valence-corrected chi connectivity index (χ2v) is 7.82. The second kappa shape index (κ2) is 7.53. The van der Waals surface area contributed by atoms with Gasteiger partial charge in [0.05, 0.1) is 18.5 Å². The Hall–Kier alpha value is -1.93. The van der Waals surface area contributed by atoms with Crippen LogP contribution in [0.25, 0.3) is 21.9 Å². The van der Waals surface area contributed by atoms with Gasteiger partial charge in [0.1, 0.15) is 0 Å². The first-order chi connectivity index (χ1) is 12.1. The SMILES string of the molecule is CCOP(=O)(OCC)c1ccc2ccccc2c1-c1ccccc1C. The highest BCUT2D eigenvalue weighted by Crippen LogP contribution is 2.50. The maximum atomic E-state index is 13.5. The van der Waals surface area contributed by atoms with Gasteiger partial charge in [-0.05, 0) is 48.7 Å². The van der Waals surface area contributed by atoms with E-state index in [-0.39, 0.29) is 0 Å². The minimum Gasteiger partial charge on any atom is -0.305 e. The molecule has 0 unspecified atom stereocenters. The maximum absolute atomic E-state index is 13.5. The second-order valence-electron chi connectivity index (χ2n) is 5.83. The predicted octanol–water partition coefficient (Wildman–Crippen LogP) is 5.71. The van der Waals surface area contributed by atoms with Crippen LogP contribution in [0.4, 0.5) is 0 Å². The summed E-state index contributed by atoms with van der Waals surface area (Å²) >= 11 is 0. The molecule has 0 aliphatic carbocycles. The molecule has 0 atom stereocenters. The standard InChI is InChI=1S/C21H23O3P/c1-4-23-25(22,24-5-2)20-15-14-17-11-7-9-13-19(17)21(20)18-12-8-6-10-16(18)3/h6-15H,4-5H2,1-3H3. The summed E-state index contributed by atoms with van der Waals surface area (Å²) in [6, 6.07) is 20.1.